The van der Waals surface area contributed by atoms with Gasteiger partial charge in [-0.15, -0.1) is 0 Å². The van der Waals surface area contributed by atoms with E-state index in [1.165, 1.54) is 0 Å². The molecule has 0 unspecified atom stereocenters. The molecule has 6 heteroatoms. The Morgan fingerprint density at radius 1 is 1.19 bits per heavy atom. The molecule has 0 bridgehead atoms. The van der Waals surface area contributed by atoms with Gasteiger partial charge in [0.05, 0.1) is 11.3 Å². The predicted molar refractivity (Wildman–Crippen MR) is 76.0 cm³/mol. The van der Waals surface area contributed by atoms with Gasteiger partial charge >= 0.3 is 6.18 Å². The number of aryl methyl sites for hydroxylation is 1. The van der Waals surface area contributed by atoms with Gasteiger partial charge in [-0.05, 0) is 37.6 Å². The second kappa shape index (κ2) is 6.11. The van der Waals surface area contributed by atoms with Gasteiger partial charge in [-0.2, -0.15) is 13.2 Å². The third kappa shape index (κ3) is 3.93. The Hall–Kier alpha value is -2.11. The molecule has 0 aliphatic rings. The topological polar surface area (TPSA) is 37.8 Å². The van der Waals surface area contributed by atoms with Gasteiger partial charge in [-0.25, -0.2) is 4.98 Å². The lowest BCUT2D eigenvalue weighted by atomic mass is 10.1. The molecule has 0 saturated heterocycles. The normalized spacial score (nSPS) is 11.5. The Balaban J connectivity index is 2.49. The SMILES string of the molecule is CCCNc1cc(C(F)(F)F)cc(-c2ccnc(C)c2)n1. The van der Waals surface area contributed by atoms with Crippen LogP contribution < -0.4 is 5.32 Å². The van der Waals surface area contributed by atoms with E-state index in [-0.39, 0.29) is 11.5 Å². The van der Waals surface area contributed by atoms with Gasteiger partial charge in [0.2, 0.25) is 0 Å². The van der Waals surface area contributed by atoms with Crippen molar-refractivity contribution in [3.63, 3.8) is 0 Å². The van der Waals surface area contributed by atoms with Gasteiger partial charge < -0.3 is 5.32 Å². The summed E-state index contributed by atoms with van der Waals surface area (Å²) in [6, 6.07) is 5.46. The number of hydrogen-bond donors (Lipinski definition) is 1. The van der Waals surface area contributed by atoms with E-state index in [4.69, 9.17) is 0 Å². The highest BCUT2D eigenvalue weighted by molar-refractivity contribution is 5.63. The van der Waals surface area contributed by atoms with Crippen LogP contribution in [0, 0.1) is 6.92 Å². The predicted octanol–water partition coefficient (Wildman–Crippen LogP) is 4.29. The summed E-state index contributed by atoms with van der Waals surface area (Å²) in [4.78, 5) is 8.30. The number of hydrogen-bond acceptors (Lipinski definition) is 3. The van der Waals surface area contributed by atoms with Crippen LogP contribution in [0.2, 0.25) is 0 Å². The highest BCUT2D eigenvalue weighted by Gasteiger charge is 2.31. The third-order valence-corrected chi connectivity index (χ3v) is 2.90. The lowest BCUT2D eigenvalue weighted by Gasteiger charge is -2.12. The van der Waals surface area contributed by atoms with E-state index in [2.05, 4.69) is 15.3 Å². The van der Waals surface area contributed by atoms with E-state index in [1.807, 2.05) is 6.92 Å². The largest absolute Gasteiger partial charge is 0.416 e. The van der Waals surface area contributed by atoms with Crippen LogP contribution in [0.15, 0.2) is 30.5 Å². The maximum absolute atomic E-state index is 13.0. The molecule has 21 heavy (non-hydrogen) atoms. The zero-order valence-electron chi connectivity index (χ0n) is 11.8. The smallest absolute Gasteiger partial charge is 0.370 e. The minimum atomic E-state index is -4.40. The maximum atomic E-state index is 13.0. The molecule has 0 radical (unpaired) electrons. The van der Waals surface area contributed by atoms with Crippen molar-refractivity contribution in [2.75, 3.05) is 11.9 Å². The second-order valence-electron chi connectivity index (χ2n) is 4.74. The molecule has 1 N–H and O–H groups in total. The summed E-state index contributed by atoms with van der Waals surface area (Å²) in [7, 11) is 0. The van der Waals surface area contributed by atoms with E-state index in [9.17, 15) is 13.2 Å². The van der Waals surface area contributed by atoms with Crippen LogP contribution in [-0.2, 0) is 6.18 Å². The molecule has 112 valence electrons. The zero-order chi connectivity index (χ0) is 15.5. The van der Waals surface area contributed by atoms with Gasteiger partial charge in [0, 0.05) is 24.0 Å². The Bertz CT molecular complexity index is 624. The first-order valence-corrected chi connectivity index (χ1v) is 6.66. The monoisotopic (exact) mass is 295 g/mol. The van der Waals surface area contributed by atoms with Gasteiger partial charge in [0.15, 0.2) is 0 Å². The molecule has 3 nitrogen and oxygen atoms in total. The lowest BCUT2D eigenvalue weighted by molar-refractivity contribution is -0.137. The van der Waals surface area contributed by atoms with E-state index < -0.39 is 11.7 Å². The highest BCUT2D eigenvalue weighted by Crippen LogP contribution is 2.33. The summed E-state index contributed by atoms with van der Waals surface area (Å²) in [5, 5.41) is 2.90. The molecule has 0 aliphatic heterocycles. The zero-order valence-corrected chi connectivity index (χ0v) is 11.8. The molecule has 0 saturated carbocycles. The van der Waals surface area contributed by atoms with E-state index in [0.717, 1.165) is 24.2 Å². The fourth-order valence-electron chi connectivity index (χ4n) is 1.89. The number of nitrogens with zero attached hydrogens (tertiary/aromatic N) is 2. The van der Waals surface area contributed by atoms with Gasteiger partial charge in [0.25, 0.3) is 0 Å². The summed E-state index contributed by atoms with van der Waals surface area (Å²) in [5.41, 5.74) is 0.928. The van der Waals surface area contributed by atoms with Crippen LogP contribution in [0.1, 0.15) is 24.6 Å². The van der Waals surface area contributed by atoms with E-state index in [1.54, 1.807) is 25.3 Å². The van der Waals surface area contributed by atoms with Crippen molar-refractivity contribution in [2.45, 2.75) is 26.4 Å². The van der Waals surface area contributed by atoms with Crippen molar-refractivity contribution < 1.29 is 13.2 Å². The molecule has 2 heterocycles. The Labute approximate surface area is 121 Å². The van der Waals surface area contributed by atoms with E-state index in [0.29, 0.717) is 12.1 Å². The molecule has 0 aliphatic carbocycles. The van der Waals surface area contributed by atoms with Crippen LogP contribution >= 0.6 is 0 Å². The van der Waals surface area contributed by atoms with E-state index >= 15 is 0 Å². The average Bonchev–Trinajstić information content (AvgIpc) is 2.44. The molecular weight excluding hydrogens is 279 g/mol. The Morgan fingerprint density at radius 3 is 2.57 bits per heavy atom. The number of aromatic nitrogens is 2. The van der Waals surface area contributed by atoms with Crippen molar-refractivity contribution >= 4 is 5.82 Å². The van der Waals surface area contributed by atoms with Crippen molar-refractivity contribution in [3.05, 3.63) is 41.7 Å². The Morgan fingerprint density at radius 2 is 1.95 bits per heavy atom. The molecule has 2 aromatic heterocycles. The van der Waals surface area contributed by atoms with Crippen molar-refractivity contribution in [3.8, 4) is 11.3 Å². The van der Waals surface area contributed by atoms with Crippen LogP contribution in [0.25, 0.3) is 11.3 Å². The molecule has 2 rings (SSSR count). The quantitative estimate of drug-likeness (QED) is 0.914. The number of halogens is 3. The molecule has 0 amide bonds. The summed E-state index contributed by atoms with van der Waals surface area (Å²) < 4.78 is 39.0. The molecule has 0 aromatic carbocycles. The Kier molecular flexibility index (Phi) is 4.45. The molecule has 0 fully saturated rings. The van der Waals surface area contributed by atoms with Gasteiger partial charge in [0.1, 0.15) is 5.82 Å². The first-order chi connectivity index (χ1) is 9.90. The lowest BCUT2D eigenvalue weighted by Crippen LogP contribution is -2.09. The summed E-state index contributed by atoms with van der Waals surface area (Å²) in [6.45, 7) is 4.30. The fourth-order valence-corrected chi connectivity index (χ4v) is 1.89. The van der Waals surface area contributed by atoms with Crippen LogP contribution in [0.3, 0.4) is 0 Å². The number of nitrogens with one attached hydrogen (secondary N) is 1. The number of pyridine rings is 2. The van der Waals surface area contributed by atoms with Crippen LogP contribution in [-0.4, -0.2) is 16.5 Å². The standard InChI is InChI=1S/C15H16F3N3/c1-3-5-20-14-9-12(15(16,17)18)8-13(21-14)11-4-6-19-10(2)7-11/h4,6-9H,3,5H2,1-2H3,(H,20,21). The summed E-state index contributed by atoms with van der Waals surface area (Å²) in [5.74, 6) is 0.233. The molecule has 0 spiro atoms. The van der Waals surface area contributed by atoms with Crippen LogP contribution in [0.4, 0.5) is 19.0 Å². The average molecular weight is 295 g/mol. The van der Waals surface area contributed by atoms with Crippen molar-refractivity contribution in [1.29, 1.82) is 0 Å². The van der Waals surface area contributed by atoms with Gasteiger partial charge in [-0.1, -0.05) is 6.92 Å². The number of alkyl halides is 3. The summed E-state index contributed by atoms with van der Waals surface area (Å²) >= 11 is 0. The van der Waals surface area contributed by atoms with Gasteiger partial charge in [-0.3, -0.25) is 4.98 Å². The fraction of sp³-hybridized carbons (Fsp3) is 0.333. The molecular formula is C15H16F3N3. The summed E-state index contributed by atoms with van der Waals surface area (Å²) in [6.07, 6.45) is -2.03. The minimum absolute atomic E-state index is 0.233. The molecule has 2 aromatic rings. The van der Waals surface area contributed by atoms with Crippen molar-refractivity contribution in [2.24, 2.45) is 0 Å². The first-order valence-electron chi connectivity index (χ1n) is 6.66. The van der Waals surface area contributed by atoms with Crippen LogP contribution in [0.5, 0.6) is 0 Å². The third-order valence-electron chi connectivity index (χ3n) is 2.90. The molecule has 0 atom stereocenters. The number of rotatable bonds is 4. The maximum Gasteiger partial charge on any atom is 0.416 e. The minimum Gasteiger partial charge on any atom is -0.370 e. The second-order valence-corrected chi connectivity index (χ2v) is 4.74. The highest BCUT2D eigenvalue weighted by atomic mass is 19.4. The van der Waals surface area contributed by atoms with Crippen molar-refractivity contribution in [1.82, 2.24) is 9.97 Å². The first kappa shape index (κ1) is 15.3. The number of anilines is 1.